The van der Waals surface area contributed by atoms with Crippen molar-refractivity contribution >= 4 is 5.91 Å². The lowest BCUT2D eigenvalue weighted by atomic mass is 9.90. The van der Waals surface area contributed by atoms with Crippen molar-refractivity contribution in [3.63, 3.8) is 0 Å². The molecule has 1 fully saturated rings. The van der Waals surface area contributed by atoms with Crippen LogP contribution in [0.3, 0.4) is 0 Å². The first-order valence-electron chi connectivity index (χ1n) is 10.1. The SMILES string of the molecule is CCc1cc(C)c(C)c(CNC2CCC(=O)NC2c2ccc(C)c(C)c2)c1. The van der Waals surface area contributed by atoms with Gasteiger partial charge in [0, 0.05) is 19.0 Å². The molecule has 0 bridgehead atoms. The number of carbonyl (C=O) groups is 1. The number of hydrogen-bond acceptors (Lipinski definition) is 2. The maximum Gasteiger partial charge on any atom is 0.220 e. The van der Waals surface area contributed by atoms with Crippen molar-refractivity contribution in [3.8, 4) is 0 Å². The van der Waals surface area contributed by atoms with Crippen molar-refractivity contribution in [2.75, 3.05) is 0 Å². The number of hydrogen-bond donors (Lipinski definition) is 2. The summed E-state index contributed by atoms with van der Waals surface area (Å²) >= 11 is 0. The molecule has 27 heavy (non-hydrogen) atoms. The lowest BCUT2D eigenvalue weighted by Crippen LogP contribution is -2.48. The molecule has 3 heteroatoms. The second-order valence-corrected chi connectivity index (χ2v) is 7.97. The summed E-state index contributed by atoms with van der Waals surface area (Å²) in [6.07, 6.45) is 2.51. The Labute approximate surface area is 163 Å². The van der Waals surface area contributed by atoms with Gasteiger partial charge < -0.3 is 10.6 Å². The van der Waals surface area contributed by atoms with E-state index in [4.69, 9.17) is 0 Å². The van der Waals surface area contributed by atoms with E-state index < -0.39 is 0 Å². The zero-order chi connectivity index (χ0) is 19.6. The molecule has 2 N–H and O–H groups in total. The van der Waals surface area contributed by atoms with E-state index in [2.05, 4.69) is 75.6 Å². The van der Waals surface area contributed by atoms with Gasteiger partial charge in [-0.25, -0.2) is 0 Å². The van der Waals surface area contributed by atoms with Gasteiger partial charge in [0.15, 0.2) is 0 Å². The van der Waals surface area contributed by atoms with Crippen LogP contribution < -0.4 is 10.6 Å². The van der Waals surface area contributed by atoms with Gasteiger partial charge in [0.1, 0.15) is 0 Å². The molecule has 3 nitrogen and oxygen atoms in total. The Hall–Kier alpha value is -2.13. The number of rotatable bonds is 5. The first-order chi connectivity index (χ1) is 12.9. The van der Waals surface area contributed by atoms with Crippen molar-refractivity contribution in [2.45, 2.75) is 72.5 Å². The molecule has 0 spiro atoms. The molecule has 1 saturated heterocycles. The number of piperidine rings is 1. The van der Waals surface area contributed by atoms with Crippen LogP contribution >= 0.6 is 0 Å². The van der Waals surface area contributed by atoms with Crippen LogP contribution in [0, 0.1) is 27.7 Å². The minimum Gasteiger partial charge on any atom is -0.348 e. The van der Waals surface area contributed by atoms with E-state index in [1.54, 1.807) is 0 Å². The number of aryl methyl sites for hydroxylation is 4. The summed E-state index contributed by atoms with van der Waals surface area (Å²) in [5.74, 6) is 0.149. The van der Waals surface area contributed by atoms with Crippen LogP contribution in [0.4, 0.5) is 0 Å². The van der Waals surface area contributed by atoms with E-state index in [-0.39, 0.29) is 18.0 Å². The maximum absolute atomic E-state index is 12.1. The van der Waals surface area contributed by atoms with E-state index >= 15 is 0 Å². The van der Waals surface area contributed by atoms with Gasteiger partial charge >= 0.3 is 0 Å². The Morgan fingerprint density at radius 2 is 1.81 bits per heavy atom. The van der Waals surface area contributed by atoms with Crippen LogP contribution in [-0.4, -0.2) is 11.9 Å². The number of nitrogens with one attached hydrogen (secondary N) is 2. The monoisotopic (exact) mass is 364 g/mol. The van der Waals surface area contributed by atoms with Crippen molar-refractivity contribution in [3.05, 3.63) is 69.3 Å². The van der Waals surface area contributed by atoms with Crippen LogP contribution in [0.25, 0.3) is 0 Å². The summed E-state index contributed by atoms with van der Waals surface area (Å²) in [5.41, 5.74) is 9.22. The molecule has 2 atom stereocenters. The summed E-state index contributed by atoms with van der Waals surface area (Å²) in [5, 5.41) is 6.96. The smallest absolute Gasteiger partial charge is 0.220 e. The summed E-state index contributed by atoms with van der Waals surface area (Å²) in [4.78, 5) is 12.1. The first-order valence-corrected chi connectivity index (χ1v) is 10.1. The average Bonchev–Trinajstić information content (AvgIpc) is 2.65. The normalized spacial score (nSPS) is 19.8. The Balaban J connectivity index is 1.81. The molecule has 0 aliphatic carbocycles. The van der Waals surface area contributed by atoms with Crippen molar-refractivity contribution in [2.24, 2.45) is 0 Å². The third-order valence-electron chi connectivity index (χ3n) is 6.09. The van der Waals surface area contributed by atoms with E-state index in [9.17, 15) is 4.79 Å². The van der Waals surface area contributed by atoms with Crippen LogP contribution in [0.5, 0.6) is 0 Å². The molecule has 1 amide bonds. The molecule has 3 rings (SSSR count). The van der Waals surface area contributed by atoms with Crippen LogP contribution in [0.2, 0.25) is 0 Å². The summed E-state index contributed by atoms with van der Waals surface area (Å²) in [6, 6.07) is 11.4. The predicted octanol–water partition coefficient (Wildman–Crippen LogP) is 4.59. The third kappa shape index (κ3) is 4.41. The highest BCUT2D eigenvalue weighted by Crippen LogP contribution is 2.27. The van der Waals surface area contributed by atoms with E-state index in [0.29, 0.717) is 6.42 Å². The van der Waals surface area contributed by atoms with Gasteiger partial charge in [-0.3, -0.25) is 4.79 Å². The largest absolute Gasteiger partial charge is 0.348 e. The molecule has 144 valence electrons. The lowest BCUT2D eigenvalue weighted by Gasteiger charge is -2.34. The molecule has 0 saturated carbocycles. The first kappa shape index (κ1) is 19.6. The fourth-order valence-electron chi connectivity index (χ4n) is 3.94. The topological polar surface area (TPSA) is 41.1 Å². The molecule has 2 aromatic rings. The van der Waals surface area contributed by atoms with E-state index in [0.717, 1.165) is 19.4 Å². The van der Waals surface area contributed by atoms with E-state index in [1.807, 2.05) is 0 Å². The molecular formula is C24H32N2O. The number of carbonyl (C=O) groups excluding carboxylic acids is 1. The van der Waals surface area contributed by atoms with E-state index in [1.165, 1.54) is 38.9 Å². The van der Waals surface area contributed by atoms with Crippen LogP contribution in [0.15, 0.2) is 30.3 Å². The second kappa shape index (κ2) is 8.26. The maximum atomic E-state index is 12.1. The summed E-state index contributed by atoms with van der Waals surface area (Å²) in [6.45, 7) is 11.7. The van der Waals surface area contributed by atoms with Gasteiger partial charge in [0.05, 0.1) is 6.04 Å². The Morgan fingerprint density at radius 3 is 2.52 bits per heavy atom. The second-order valence-electron chi connectivity index (χ2n) is 7.97. The van der Waals surface area contributed by atoms with Crippen LogP contribution in [-0.2, 0) is 17.8 Å². The van der Waals surface area contributed by atoms with Crippen molar-refractivity contribution in [1.29, 1.82) is 0 Å². The molecule has 0 aromatic heterocycles. The quantitative estimate of drug-likeness (QED) is 0.814. The highest BCUT2D eigenvalue weighted by molar-refractivity contribution is 5.77. The molecule has 2 unspecified atom stereocenters. The Bertz CT molecular complexity index is 841. The highest BCUT2D eigenvalue weighted by Gasteiger charge is 2.29. The van der Waals surface area contributed by atoms with Gasteiger partial charge in [-0.2, -0.15) is 0 Å². The molecule has 2 aromatic carbocycles. The molecule has 0 radical (unpaired) electrons. The molecule has 1 aliphatic rings. The van der Waals surface area contributed by atoms with Crippen LogP contribution in [0.1, 0.15) is 64.8 Å². The average molecular weight is 365 g/mol. The van der Waals surface area contributed by atoms with Gasteiger partial charge in [-0.05, 0) is 79.5 Å². The highest BCUT2D eigenvalue weighted by atomic mass is 16.1. The molecular weight excluding hydrogens is 332 g/mol. The van der Waals surface area contributed by atoms with Crippen molar-refractivity contribution < 1.29 is 4.79 Å². The standard InChI is InChI=1S/C24H32N2O/c1-6-19-11-17(4)18(5)21(13-19)14-25-22-9-10-23(27)26-24(22)20-8-7-15(2)16(3)12-20/h7-8,11-13,22,24-25H,6,9-10,14H2,1-5H3,(H,26,27). The number of benzene rings is 2. The van der Waals surface area contributed by atoms with Gasteiger partial charge in [0.2, 0.25) is 5.91 Å². The fourth-order valence-corrected chi connectivity index (χ4v) is 3.94. The Kier molecular flexibility index (Phi) is 6.01. The minimum atomic E-state index is 0.0290. The van der Waals surface area contributed by atoms with Gasteiger partial charge in [-0.1, -0.05) is 37.3 Å². The fraction of sp³-hybridized carbons (Fsp3) is 0.458. The van der Waals surface area contributed by atoms with Gasteiger partial charge in [-0.15, -0.1) is 0 Å². The molecule has 1 aliphatic heterocycles. The third-order valence-corrected chi connectivity index (χ3v) is 6.09. The minimum absolute atomic E-state index is 0.0290. The number of amides is 1. The zero-order valence-electron chi connectivity index (χ0n) is 17.3. The lowest BCUT2D eigenvalue weighted by molar-refractivity contribution is -0.123. The summed E-state index contributed by atoms with van der Waals surface area (Å²) < 4.78 is 0. The van der Waals surface area contributed by atoms with Gasteiger partial charge in [0.25, 0.3) is 0 Å². The zero-order valence-corrected chi connectivity index (χ0v) is 17.3. The Morgan fingerprint density at radius 1 is 1.04 bits per heavy atom. The summed E-state index contributed by atoms with van der Waals surface area (Å²) in [7, 11) is 0. The molecule has 1 heterocycles. The van der Waals surface area contributed by atoms with Crippen molar-refractivity contribution in [1.82, 2.24) is 10.6 Å². The predicted molar refractivity (Wildman–Crippen MR) is 112 cm³/mol.